The van der Waals surface area contributed by atoms with Crippen LogP contribution in [-0.4, -0.2) is 37.2 Å². The number of unbranched alkanes of at least 4 members (excludes halogenated alkanes) is 7. The minimum absolute atomic E-state index is 0.139. The maximum absolute atomic E-state index is 12.8. The van der Waals surface area contributed by atoms with Gasteiger partial charge in [0.25, 0.3) is 0 Å². The van der Waals surface area contributed by atoms with Crippen molar-refractivity contribution in [2.45, 2.75) is 207 Å². The topological polar surface area (TPSA) is 78.9 Å². The Bertz CT molecular complexity index is 1680. The van der Waals surface area contributed by atoms with Crippen LogP contribution in [0.1, 0.15) is 201 Å². The molecule has 0 fully saturated rings. The molecule has 0 rings (SSSR count). The molecule has 0 aliphatic carbocycles. The van der Waals surface area contributed by atoms with Crippen molar-refractivity contribution in [3.63, 3.8) is 0 Å². The fourth-order valence-electron chi connectivity index (χ4n) is 6.76. The Morgan fingerprint density at radius 3 is 0.781 bits per heavy atom. The number of rotatable bonds is 48. The van der Waals surface area contributed by atoms with Crippen molar-refractivity contribution in [2.75, 3.05) is 13.2 Å². The number of carbonyl (C=O) groups is 3. The Hall–Kier alpha value is -5.49. The second-order valence-corrected chi connectivity index (χ2v) is 17.7. The predicted molar refractivity (Wildman–Crippen MR) is 315 cm³/mol. The van der Waals surface area contributed by atoms with E-state index in [0.29, 0.717) is 19.3 Å². The molecule has 6 nitrogen and oxygen atoms in total. The highest BCUT2D eigenvalue weighted by Crippen LogP contribution is 2.10. The first-order valence-corrected chi connectivity index (χ1v) is 28.3. The van der Waals surface area contributed by atoms with E-state index in [1.165, 1.54) is 0 Å². The van der Waals surface area contributed by atoms with Gasteiger partial charge >= 0.3 is 17.9 Å². The molecule has 0 aromatic carbocycles. The van der Waals surface area contributed by atoms with Crippen LogP contribution in [0.3, 0.4) is 0 Å². The van der Waals surface area contributed by atoms with Gasteiger partial charge in [0.2, 0.25) is 0 Å². The Kier molecular flexibility index (Phi) is 54.6. The zero-order chi connectivity index (χ0) is 52.9. The molecule has 0 radical (unpaired) electrons. The highest BCUT2D eigenvalue weighted by molar-refractivity contribution is 5.71. The van der Waals surface area contributed by atoms with Gasteiger partial charge in [0.15, 0.2) is 6.10 Å². The summed E-state index contributed by atoms with van der Waals surface area (Å²) in [6.45, 7) is 6.17. The lowest BCUT2D eigenvalue weighted by Gasteiger charge is -2.18. The van der Waals surface area contributed by atoms with Crippen LogP contribution in [0.25, 0.3) is 0 Å². The number of hydrogen-bond donors (Lipinski definition) is 0. The Balaban J connectivity index is 4.64. The molecule has 0 spiro atoms. The van der Waals surface area contributed by atoms with Crippen LogP contribution in [0, 0.1) is 0 Å². The molecule has 0 atom stereocenters. The fourth-order valence-corrected chi connectivity index (χ4v) is 6.76. The first-order valence-electron chi connectivity index (χ1n) is 28.3. The van der Waals surface area contributed by atoms with E-state index in [-0.39, 0.29) is 31.6 Å². The molecule has 73 heavy (non-hydrogen) atoms. The molecule has 404 valence electrons. The molecule has 0 heterocycles. The second-order valence-electron chi connectivity index (χ2n) is 17.7. The SMILES string of the molecule is CCC=CCC=CCC=CCC=CCC=CCCCCCC(=O)OCC(COC(=O)CCCCCC=CCC=CCC=CCC=CCC=CCC)OC(=O)CCCC=CCC=CCC=CCC=CCC=CCC. The molecule has 0 unspecified atom stereocenters. The van der Waals surface area contributed by atoms with Gasteiger partial charge in [-0.1, -0.05) is 216 Å². The minimum Gasteiger partial charge on any atom is -0.462 e. The van der Waals surface area contributed by atoms with Gasteiger partial charge in [0, 0.05) is 19.3 Å². The Morgan fingerprint density at radius 1 is 0.274 bits per heavy atom. The van der Waals surface area contributed by atoms with Crippen LogP contribution in [-0.2, 0) is 28.6 Å². The normalized spacial score (nSPS) is 13.5. The van der Waals surface area contributed by atoms with Crippen LogP contribution in [0.4, 0.5) is 0 Å². The number of carbonyl (C=O) groups excluding carboxylic acids is 3. The van der Waals surface area contributed by atoms with E-state index in [4.69, 9.17) is 14.2 Å². The molecule has 0 saturated carbocycles. The fraction of sp³-hybridized carbons (Fsp3) is 0.507. The number of ether oxygens (including phenoxy) is 3. The monoisotopic (exact) mass is 1000 g/mol. The molecule has 0 bridgehead atoms. The van der Waals surface area contributed by atoms with Gasteiger partial charge in [-0.15, -0.1) is 0 Å². The molecule has 0 amide bonds. The van der Waals surface area contributed by atoms with Crippen molar-refractivity contribution in [3.8, 4) is 0 Å². The molecule has 6 heteroatoms. The van der Waals surface area contributed by atoms with Gasteiger partial charge in [-0.3, -0.25) is 14.4 Å². The van der Waals surface area contributed by atoms with Crippen molar-refractivity contribution in [1.82, 2.24) is 0 Å². The number of esters is 3. The third-order valence-corrected chi connectivity index (χ3v) is 10.9. The van der Waals surface area contributed by atoms with E-state index < -0.39 is 12.1 Å². The van der Waals surface area contributed by atoms with E-state index >= 15 is 0 Å². The van der Waals surface area contributed by atoms with Crippen molar-refractivity contribution < 1.29 is 28.6 Å². The molecular weight excluding hydrogens is 901 g/mol. The lowest BCUT2D eigenvalue weighted by atomic mass is 10.1. The van der Waals surface area contributed by atoms with Gasteiger partial charge in [0.1, 0.15) is 13.2 Å². The zero-order valence-corrected chi connectivity index (χ0v) is 46.1. The van der Waals surface area contributed by atoms with Gasteiger partial charge in [-0.05, 0) is 148 Å². The van der Waals surface area contributed by atoms with E-state index in [9.17, 15) is 14.4 Å². The van der Waals surface area contributed by atoms with Crippen LogP contribution < -0.4 is 0 Å². The van der Waals surface area contributed by atoms with Gasteiger partial charge in [-0.25, -0.2) is 0 Å². The summed E-state index contributed by atoms with van der Waals surface area (Å²) in [5.41, 5.74) is 0. The van der Waals surface area contributed by atoms with Gasteiger partial charge in [0.05, 0.1) is 0 Å². The second kappa shape index (κ2) is 59.1. The standard InChI is InChI=1S/C67H100O6/c1-4-7-10-13-16-19-22-25-28-31-33-36-38-41-44-47-50-53-56-59-65(68)71-62-64(73-67(70)61-58-55-52-49-46-43-40-35-30-27-24-21-18-15-12-9-6-3)63-72-66(69)60-57-54-51-48-45-42-39-37-34-32-29-26-23-20-17-14-11-8-5-2/h7-12,16-21,25-30,33-34,36-37,40-45,49,52,64H,4-6,13-15,22-24,31-32,35,38-39,46-48,50-51,53-63H2,1-3H3. The first kappa shape index (κ1) is 67.5. The van der Waals surface area contributed by atoms with Crippen molar-refractivity contribution in [3.05, 3.63) is 182 Å². The summed E-state index contributed by atoms with van der Waals surface area (Å²) in [6, 6.07) is 0. The van der Waals surface area contributed by atoms with Crippen LogP contribution >= 0.6 is 0 Å². The van der Waals surface area contributed by atoms with Crippen molar-refractivity contribution in [1.29, 1.82) is 0 Å². The largest absolute Gasteiger partial charge is 0.462 e. The summed E-state index contributed by atoms with van der Waals surface area (Å²) in [5.74, 6) is -1.07. The van der Waals surface area contributed by atoms with Crippen LogP contribution in [0.15, 0.2) is 182 Å². The minimum atomic E-state index is -0.847. The summed E-state index contributed by atoms with van der Waals surface area (Å²) >= 11 is 0. The Labute approximate surface area is 446 Å². The maximum Gasteiger partial charge on any atom is 0.306 e. The van der Waals surface area contributed by atoms with E-state index in [1.54, 1.807) is 0 Å². The number of hydrogen-bond acceptors (Lipinski definition) is 6. The predicted octanol–water partition coefficient (Wildman–Crippen LogP) is 19.3. The van der Waals surface area contributed by atoms with Crippen molar-refractivity contribution in [2.24, 2.45) is 0 Å². The smallest absolute Gasteiger partial charge is 0.306 e. The van der Waals surface area contributed by atoms with Crippen LogP contribution in [0.2, 0.25) is 0 Å². The quantitative estimate of drug-likeness (QED) is 0.0262. The summed E-state index contributed by atoms with van der Waals surface area (Å²) in [6.07, 6.45) is 88.8. The van der Waals surface area contributed by atoms with Gasteiger partial charge < -0.3 is 14.2 Å². The van der Waals surface area contributed by atoms with Crippen molar-refractivity contribution >= 4 is 17.9 Å². The lowest BCUT2D eigenvalue weighted by Crippen LogP contribution is -2.30. The molecular formula is C67H100O6. The highest BCUT2D eigenvalue weighted by Gasteiger charge is 2.19. The highest BCUT2D eigenvalue weighted by atomic mass is 16.6. The van der Waals surface area contributed by atoms with E-state index in [1.807, 2.05) is 0 Å². The first-order chi connectivity index (χ1) is 36.0. The molecule has 0 aliphatic heterocycles. The third kappa shape index (κ3) is 57.3. The molecule has 0 N–H and O–H groups in total. The lowest BCUT2D eigenvalue weighted by molar-refractivity contribution is -0.167. The third-order valence-electron chi connectivity index (χ3n) is 10.9. The summed E-state index contributed by atoms with van der Waals surface area (Å²) in [5, 5.41) is 0. The van der Waals surface area contributed by atoms with Crippen LogP contribution in [0.5, 0.6) is 0 Å². The molecule has 0 saturated heterocycles. The summed E-state index contributed by atoms with van der Waals surface area (Å²) in [4.78, 5) is 38.2. The van der Waals surface area contributed by atoms with E-state index in [2.05, 4.69) is 203 Å². The van der Waals surface area contributed by atoms with E-state index in [0.717, 1.165) is 154 Å². The van der Waals surface area contributed by atoms with Gasteiger partial charge in [-0.2, -0.15) is 0 Å². The Morgan fingerprint density at radius 2 is 0.507 bits per heavy atom. The molecule has 0 aliphatic rings. The maximum atomic E-state index is 12.8. The molecule has 0 aromatic heterocycles. The number of allylic oxidation sites excluding steroid dienone is 30. The summed E-state index contributed by atoms with van der Waals surface area (Å²) in [7, 11) is 0. The average Bonchev–Trinajstić information content (AvgIpc) is 3.39. The average molecular weight is 1000 g/mol. The zero-order valence-electron chi connectivity index (χ0n) is 46.1. The molecule has 0 aromatic rings. The summed E-state index contributed by atoms with van der Waals surface area (Å²) < 4.78 is 16.8.